The zero-order valence-corrected chi connectivity index (χ0v) is 14.5. The van der Waals surface area contributed by atoms with Crippen LogP contribution in [0, 0.1) is 0 Å². The molecule has 0 atom stereocenters. The smallest absolute Gasteiger partial charge is 0.237 e. The van der Waals surface area contributed by atoms with E-state index in [4.69, 9.17) is 0 Å². The predicted octanol–water partition coefficient (Wildman–Crippen LogP) is 0.00730. The minimum atomic E-state index is -3.46. The van der Waals surface area contributed by atoms with Gasteiger partial charge in [-0.2, -0.15) is 4.31 Å². The van der Waals surface area contributed by atoms with Gasteiger partial charge in [-0.15, -0.1) is 0 Å². The van der Waals surface area contributed by atoms with Crippen molar-refractivity contribution in [3.05, 3.63) is 30.1 Å². The molecule has 0 aromatic carbocycles. The summed E-state index contributed by atoms with van der Waals surface area (Å²) in [5, 5.41) is 0. The lowest BCUT2D eigenvalue weighted by Crippen LogP contribution is -2.51. The molecule has 1 fully saturated rings. The first-order chi connectivity index (χ1) is 10.9. The van der Waals surface area contributed by atoms with Crippen LogP contribution in [0.3, 0.4) is 0 Å². The highest BCUT2D eigenvalue weighted by Crippen LogP contribution is 2.09. The second kappa shape index (κ2) is 7.85. The van der Waals surface area contributed by atoms with E-state index in [1.54, 1.807) is 29.4 Å². The van der Waals surface area contributed by atoms with E-state index in [0.717, 1.165) is 31.5 Å². The van der Waals surface area contributed by atoms with Crippen molar-refractivity contribution >= 4 is 15.9 Å². The summed E-state index contributed by atoms with van der Waals surface area (Å²) in [6.07, 6.45) is 4.36. The van der Waals surface area contributed by atoms with Gasteiger partial charge in [-0.3, -0.25) is 9.78 Å². The summed E-state index contributed by atoms with van der Waals surface area (Å²) in [5.41, 5.74) is 0.814. The average Bonchev–Trinajstić information content (AvgIpc) is 2.54. The molecule has 0 saturated carbocycles. The fraction of sp³-hybridized carbons (Fsp3) is 0.600. The molecule has 0 N–H and O–H groups in total. The normalized spacial score (nSPS) is 16.7. The van der Waals surface area contributed by atoms with Gasteiger partial charge in [0.05, 0.1) is 12.8 Å². The molecular weight excluding hydrogens is 316 g/mol. The van der Waals surface area contributed by atoms with E-state index in [-0.39, 0.29) is 19.0 Å². The van der Waals surface area contributed by atoms with Crippen molar-refractivity contribution in [1.29, 1.82) is 0 Å². The lowest BCUT2D eigenvalue weighted by molar-refractivity contribution is -0.133. The number of amides is 1. The summed E-state index contributed by atoms with van der Waals surface area (Å²) in [6.45, 7) is 6.11. The van der Waals surface area contributed by atoms with Gasteiger partial charge in [0.15, 0.2) is 0 Å². The lowest BCUT2D eigenvalue weighted by atomic mass is 10.2. The van der Waals surface area contributed by atoms with Crippen LogP contribution in [0.1, 0.15) is 12.5 Å². The van der Waals surface area contributed by atoms with E-state index >= 15 is 0 Å². The van der Waals surface area contributed by atoms with Crippen LogP contribution in [0.4, 0.5) is 0 Å². The number of likely N-dealkylation sites (N-methyl/N-ethyl adjacent to an activating group) is 1. The maximum absolute atomic E-state index is 12.4. The number of aromatic nitrogens is 1. The minimum absolute atomic E-state index is 0.118. The van der Waals surface area contributed by atoms with Crippen LogP contribution in [-0.4, -0.2) is 78.9 Å². The highest BCUT2D eigenvalue weighted by atomic mass is 32.2. The molecule has 8 heteroatoms. The van der Waals surface area contributed by atoms with Gasteiger partial charge >= 0.3 is 0 Å². The average molecular weight is 340 g/mol. The Hall–Kier alpha value is -1.51. The first-order valence-corrected chi connectivity index (χ1v) is 9.59. The molecular formula is C15H24N4O3S. The van der Waals surface area contributed by atoms with E-state index in [9.17, 15) is 13.2 Å². The van der Waals surface area contributed by atoms with Gasteiger partial charge in [0.1, 0.15) is 0 Å². The molecule has 1 saturated heterocycles. The number of pyridine rings is 1. The second-order valence-electron chi connectivity index (χ2n) is 5.70. The molecule has 0 unspecified atom stereocenters. The van der Waals surface area contributed by atoms with Crippen LogP contribution >= 0.6 is 0 Å². The van der Waals surface area contributed by atoms with Crippen molar-refractivity contribution in [2.24, 2.45) is 0 Å². The largest absolute Gasteiger partial charge is 0.339 e. The summed E-state index contributed by atoms with van der Waals surface area (Å²) in [7, 11) is -3.46. The standard InChI is InChI=1S/C15H24N4O3S/c1-3-17-8-10-18(11-9-17)15(20)13-19(23(2,21)22)12-14-4-6-16-7-5-14/h4-7H,3,8-13H2,1-2H3. The SMILES string of the molecule is CCN1CCN(C(=O)CN(Cc2ccncc2)S(C)(=O)=O)CC1. The summed E-state index contributed by atoms with van der Waals surface area (Å²) < 4.78 is 25.2. The Morgan fingerprint density at radius 1 is 1.22 bits per heavy atom. The zero-order chi connectivity index (χ0) is 16.9. The summed E-state index contributed by atoms with van der Waals surface area (Å²) in [6, 6.07) is 3.51. The molecule has 0 bridgehead atoms. The highest BCUT2D eigenvalue weighted by molar-refractivity contribution is 7.88. The Morgan fingerprint density at radius 3 is 2.35 bits per heavy atom. The highest BCUT2D eigenvalue weighted by Gasteiger charge is 2.25. The Morgan fingerprint density at radius 2 is 1.83 bits per heavy atom. The molecule has 2 heterocycles. The fourth-order valence-corrected chi connectivity index (χ4v) is 3.28. The zero-order valence-electron chi connectivity index (χ0n) is 13.7. The van der Waals surface area contributed by atoms with Gasteiger partial charge < -0.3 is 9.80 Å². The first kappa shape index (κ1) is 17.8. The van der Waals surface area contributed by atoms with Crippen LogP contribution in [0.5, 0.6) is 0 Å². The van der Waals surface area contributed by atoms with Gasteiger partial charge in [-0.25, -0.2) is 8.42 Å². The van der Waals surface area contributed by atoms with Gasteiger partial charge in [0.2, 0.25) is 15.9 Å². The van der Waals surface area contributed by atoms with E-state index in [0.29, 0.717) is 13.1 Å². The third-order valence-corrected chi connectivity index (χ3v) is 5.26. The van der Waals surface area contributed by atoms with E-state index in [2.05, 4.69) is 16.8 Å². The number of carbonyl (C=O) groups excluding carboxylic acids is 1. The van der Waals surface area contributed by atoms with Crippen molar-refractivity contribution in [3.8, 4) is 0 Å². The maximum Gasteiger partial charge on any atom is 0.237 e. The lowest BCUT2D eigenvalue weighted by Gasteiger charge is -2.35. The van der Waals surface area contributed by atoms with Gasteiger partial charge in [-0.1, -0.05) is 6.92 Å². The van der Waals surface area contributed by atoms with Crippen molar-refractivity contribution in [1.82, 2.24) is 19.1 Å². The number of rotatable bonds is 6. The van der Waals surface area contributed by atoms with Gasteiger partial charge in [-0.05, 0) is 24.2 Å². The number of hydrogen-bond acceptors (Lipinski definition) is 5. The van der Waals surface area contributed by atoms with Gasteiger partial charge in [0.25, 0.3) is 0 Å². The topological polar surface area (TPSA) is 73.8 Å². The molecule has 1 aromatic rings. The quantitative estimate of drug-likeness (QED) is 0.729. The number of sulfonamides is 1. The molecule has 2 rings (SSSR count). The summed E-state index contributed by atoms with van der Waals surface area (Å²) >= 11 is 0. The summed E-state index contributed by atoms with van der Waals surface area (Å²) in [4.78, 5) is 20.4. The van der Waals surface area contributed by atoms with Crippen LogP contribution in [0.15, 0.2) is 24.5 Å². The molecule has 1 aliphatic heterocycles. The van der Waals surface area contributed by atoms with E-state index in [1.807, 2.05) is 0 Å². The second-order valence-corrected chi connectivity index (χ2v) is 7.68. The number of hydrogen-bond donors (Lipinski definition) is 0. The number of carbonyl (C=O) groups is 1. The number of piperazine rings is 1. The molecule has 1 aromatic heterocycles. The number of nitrogens with zero attached hydrogens (tertiary/aromatic N) is 4. The van der Waals surface area contributed by atoms with Crippen molar-refractivity contribution in [2.45, 2.75) is 13.5 Å². The Bertz CT molecular complexity index is 613. The monoisotopic (exact) mass is 340 g/mol. The molecule has 1 aliphatic rings. The fourth-order valence-electron chi connectivity index (χ4n) is 2.55. The van der Waals surface area contributed by atoms with Crippen LogP contribution in [0.25, 0.3) is 0 Å². The predicted molar refractivity (Wildman–Crippen MR) is 88.2 cm³/mol. The van der Waals surface area contributed by atoms with Gasteiger partial charge in [0, 0.05) is 45.1 Å². The van der Waals surface area contributed by atoms with Crippen LogP contribution in [0.2, 0.25) is 0 Å². The molecule has 0 aliphatic carbocycles. The van der Waals surface area contributed by atoms with E-state index < -0.39 is 10.0 Å². The molecule has 0 radical (unpaired) electrons. The van der Waals surface area contributed by atoms with Crippen molar-refractivity contribution < 1.29 is 13.2 Å². The van der Waals surface area contributed by atoms with Crippen LogP contribution < -0.4 is 0 Å². The first-order valence-electron chi connectivity index (χ1n) is 7.74. The third kappa shape index (κ3) is 5.26. The van der Waals surface area contributed by atoms with Crippen LogP contribution in [-0.2, 0) is 21.4 Å². The Labute approximate surface area is 137 Å². The Balaban J connectivity index is 1.99. The van der Waals surface area contributed by atoms with Crippen molar-refractivity contribution in [3.63, 3.8) is 0 Å². The molecule has 7 nitrogen and oxygen atoms in total. The molecule has 1 amide bonds. The molecule has 23 heavy (non-hydrogen) atoms. The molecule has 0 spiro atoms. The van der Waals surface area contributed by atoms with Crippen molar-refractivity contribution in [2.75, 3.05) is 45.5 Å². The third-order valence-electron chi connectivity index (χ3n) is 4.06. The maximum atomic E-state index is 12.4. The van der Waals surface area contributed by atoms with E-state index in [1.165, 1.54) is 4.31 Å². The minimum Gasteiger partial charge on any atom is -0.339 e. The Kier molecular flexibility index (Phi) is 6.09. The summed E-state index contributed by atoms with van der Waals surface area (Å²) in [5.74, 6) is -0.139. The molecule has 128 valence electrons.